The van der Waals surface area contributed by atoms with Crippen LogP contribution in [0.15, 0.2) is 24.4 Å². The summed E-state index contributed by atoms with van der Waals surface area (Å²) in [6.07, 6.45) is 1.34. The van der Waals surface area contributed by atoms with E-state index < -0.39 is 5.91 Å². The molecule has 0 fully saturated rings. The molecule has 0 saturated carbocycles. The van der Waals surface area contributed by atoms with Crippen LogP contribution in [0.2, 0.25) is 15.2 Å². The lowest BCUT2D eigenvalue weighted by molar-refractivity contribution is 0.0996. The molecule has 2 N–H and O–H groups in total. The number of amides is 1. The topological polar surface area (TPSA) is 86.7 Å². The van der Waals surface area contributed by atoms with Gasteiger partial charge in [0.1, 0.15) is 10.7 Å². The first kappa shape index (κ1) is 16.0. The normalized spacial score (nSPS) is 12.5. The maximum atomic E-state index is 11.6. The molecule has 0 aliphatic heterocycles. The predicted molar refractivity (Wildman–Crippen MR) is 89.1 cm³/mol. The van der Waals surface area contributed by atoms with E-state index in [1.807, 2.05) is 6.92 Å². The lowest BCUT2D eigenvalue weighted by Gasteiger charge is -2.15. The summed E-state index contributed by atoms with van der Waals surface area (Å²) in [4.78, 5) is 19.9. The van der Waals surface area contributed by atoms with E-state index in [0.717, 1.165) is 5.56 Å². The molecule has 0 aliphatic rings. The maximum absolute atomic E-state index is 11.6. The van der Waals surface area contributed by atoms with Crippen LogP contribution in [0, 0.1) is 0 Å². The van der Waals surface area contributed by atoms with Gasteiger partial charge in [-0.25, -0.2) is 14.6 Å². The molecular formula is C14H10Cl3N5O. The van der Waals surface area contributed by atoms with Crippen LogP contribution >= 0.6 is 34.8 Å². The summed E-state index contributed by atoms with van der Waals surface area (Å²) >= 11 is 18.1. The Morgan fingerprint density at radius 1 is 1.30 bits per heavy atom. The summed E-state index contributed by atoms with van der Waals surface area (Å²) in [5.74, 6) is -0.695. The molecule has 6 nitrogen and oxygen atoms in total. The Bertz CT molecular complexity index is 924. The van der Waals surface area contributed by atoms with Crippen molar-refractivity contribution in [2.75, 3.05) is 0 Å². The molecule has 1 unspecified atom stereocenters. The summed E-state index contributed by atoms with van der Waals surface area (Å²) in [5, 5.41) is 5.42. The Labute approximate surface area is 146 Å². The second-order valence-electron chi connectivity index (χ2n) is 4.86. The van der Waals surface area contributed by atoms with Crippen LogP contribution in [0.25, 0.3) is 11.2 Å². The first-order valence-electron chi connectivity index (χ1n) is 6.54. The first-order valence-corrected chi connectivity index (χ1v) is 7.67. The summed E-state index contributed by atoms with van der Waals surface area (Å²) in [6, 6.07) is 4.81. The number of primary amides is 1. The van der Waals surface area contributed by atoms with Gasteiger partial charge in [0.15, 0.2) is 11.3 Å². The van der Waals surface area contributed by atoms with Gasteiger partial charge in [-0.1, -0.05) is 40.9 Å². The van der Waals surface area contributed by atoms with Gasteiger partial charge in [-0.15, -0.1) is 0 Å². The Balaban J connectivity index is 2.22. The fourth-order valence-corrected chi connectivity index (χ4v) is 2.99. The van der Waals surface area contributed by atoms with Crippen LogP contribution in [0.4, 0.5) is 0 Å². The standard InChI is InChI=1S/C14H10Cl3N5O/c1-6(8-3-2-7(15)4-9(8)16)22-14-12(11(21-22)13(18)23)19-5-10(17)20-14/h2-6H,1H3,(H2,18,23). The van der Waals surface area contributed by atoms with Crippen molar-refractivity contribution in [3.8, 4) is 0 Å². The van der Waals surface area contributed by atoms with Crippen molar-refractivity contribution in [1.82, 2.24) is 19.7 Å². The molecule has 0 saturated heterocycles. The number of rotatable bonds is 3. The van der Waals surface area contributed by atoms with Crippen LogP contribution in [0.1, 0.15) is 29.0 Å². The molecule has 0 aliphatic carbocycles. The van der Waals surface area contributed by atoms with Crippen molar-refractivity contribution in [1.29, 1.82) is 0 Å². The first-order chi connectivity index (χ1) is 10.9. The third-order valence-corrected chi connectivity index (χ3v) is 4.13. The third-order valence-electron chi connectivity index (χ3n) is 3.39. The number of nitrogens with two attached hydrogens (primary N) is 1. The zero-order chi connectivity index (χ0) is 16.7. The van der Waals surface area contributed by atoms with Crippen molar-refractivity contribution in [2.45, 2.75) is 13.0 Å². The van der Waals surface area contributed by atoms with Gasteiger partial charge in [0, 0.05) is 10.0 Å². The molecule has 3 rings (SSSR count). The molecule has 3 aromatic rings. The molecule has 2 heterocycles. The second kappa shape index (κ2) is 5.96. The van der Waals surface area contributed by atoms with Gasteiger partial charge >= 0.3 is 0 Å². The maximum Gasteiger partial charge on any atom is 0.271 e. The average Bonchev–Trinajstić information content (AvgIpc) is 2.85. The highest BCUT2D eigenvalue weighted by molar-refractivity contribution is 6.35. The molecule has 2 aromatic heterocycles. The molecule has 118 valence electrons. The van der Waals surface area contributed by atoms with Gasteiger partial charge < -0.3 is 5.73 Å². The average molecular weight is 371 g/mol. The van der Waals surface area contributed by atoms with Crippen molar-refractivity contribution in [3.05, 3.63) is 50.9 Å². The van der Waals surface area contributed by atoms with Gasteiger partial charge in [0.25, 0.3) is 5.91 Å². The predicted octanol–water partition coefficient (Wildman–Crippen LogP) is 3.49. The Kier molecular flexibility index (Phi) is 4.14. The fourth-order valence-electron chi connectivity index (χ4n) is 2.30. The molecule has 0 radical (unpaired) electrons. The van der Waals surface area contributed by atoms with E-state index in [2.05, 4.69) is 15.1 Å². The van der Waals surface area contributed by atoms with E-state index in [1.54, 1.807) is 18.2 Å². The van der Waals surface area contributed by atoms with Crippen molar-refractivity contribution >= 4 is 51.9 Å². The van der Waals surface area contributed by atoms with Gasteiger partial charge in [-0.3, -0.25) is 4.79 Å². The number of nitrogens with zero attached hydrogens (tertiary/aromatic N) is 4. The van der Waals surface area contributed by atoms with E-state index in [0.29, 0.717) is 21.2 Å². The van der Waals surface area contributed by atoms with Crippen LogP contribution in [0.5, 0.6) is 0 Å². The number of fused-ring (bicyclic) bond motifs is 1. The van der Waals surface area contributed by atoms with Gasteiger partial charge in [0.05, 0.1) is 12.2 Å². The molecule has 1 atom stereocenters. The lowest BCUT2D eigenvalue weighted by atomic mass is 10.1. The Morgan fingerprint density at radius 2 is 2.04 bits per heavy atom. The Morgan fingerprint density at radius 3 is 2.70 bits per heavy atom. The number of hydrogen-bond donors (Lipinski definition) is 1. The van der Waals surface area contributed by atoms with E-state index >= 15 is 0 Å². The number of carbonyl (C=O) groups is 1. The molecule has 23 heavy (non-hydrogen) atoms. The highest BCUT2D eigenvalue weighted by Gasteiger charge is 2.22. The van der Waals surface area contributed by atoms with Crippen LogP contribution in [-0.4, -0.2) is 25.7 Å². The third kappa shape index (κ3) is 2.85. The monoisotopic (exact) mass is 369 g/mol. The smallest absolute Gasteiger partial charge is 0.271 e. The largest absolute Gasteiger partial charge is 0.364 e. The number of benzene rings is 1. The van der Waals surface area contributed by atoms with Crippen molar-refractivity contribution < 1.29 is 4.79 Å². The number of aromatic nitrogens is 4. The quantitative estimate of drug-likeness (QED) is 0.764. The number of hydrogen-bond acceptors (Lipinski definition) is 4. The summed E-state index contributed by atoms with van der Waals surface area (Å²) < 4.78 is 1.52. The molecule has 9 heteroatoms. The second-order valence-corrected chi connectivity index (χ2v) is 6.10. The zero-order valence-electron chi connectivity index (χ0n) is 11.8. The SMILES string of the molecule is CC(c1ccc(Cl)cc1Cl)n1nc(C(N)=O)c2ncc(Cl)nc21. The fraction of sp³-hybridized carbons (Fsp3) is 0.143. The van der Waals surface area contributed by atoms with E-state index in [1.165, 1.54) is 10.9 Å². The van der Waals surface area contributed by atoms with Crippen LogP contribution < -0.4 is 5.73 Å². The summed E-state index contributed by atoms with van der Waals surface area (Å²) in [5.41, 5.74) is 6.79. The van der Waals surface area contributed by atoms with Gasteiger partial charge in [-0.2, -0.15) is 5.10 Å². The highest BCUT2D eigenvalue weighted by Crippen LogP contribution is 2.30. The number of halogens is 3. The molecule has 1 amide bonds. The van der Waals surface area contributed by atoms with E-state index in [9.17, 15) is 4.79 Å². The van der Waals surface area contributed by atoms with Crippen LogP contribution in [-0.2, 0) is 0 Å². The molecular weight excluding hydrogens is 361 g/mol. The highest BCUT2D eigenvalue weighted by atomic mass is 35.5. The molecule has 1 aromatic carbocycles. The summed E-state index contributed by atoms with van der Waals surface area (Å²) in [7, 11) is 0. The van der Waals surface area contributed by atoms with E-state index in [4.69, 9.17) is 40.5 Å². The minimum absolute atomic E-state index is 0.0288. The Hall–Kier alpha value is -1.89. The van der Waals surface area contributed by atoms with Crippen molar-refractivity contribution in [3.63, 3.8) is 0 Å². The van der Waals surface area contributed by atoms with E-state index in [-0.39, 0.29) is 16.9 Å². The summed E-state index contributed by atoms with van der Waals surface area (Å²) in [6.45, 7) is 1.86. The minimum Gasteiger partial charge on any atom is -0.364 e. The molecule has 0 bridgehead atoms. The zero-order valence-corrected chi connectivity index (χ0v) is 14.1. The van der Waals surface area contributed by atoms with Crippen LogP contribution in [0.3, 0.4) is 0 Å². The van der Waals surface area contributed by atoms with Gasteiger partial charge in [-0.05, 0) is 24.6 Å². The van der Waals surface area contributed by atoms with Gasteiger partial charge in [0.2, 0.25) is 0 Å². The van der Waals surface area contributed by atoms with Crippen molar-refractivity contribution in [2.24, 2.45) is 5.73 Å². The lowest BCUT2D eigenvalue weighted by Crippen LogP contribution is -2.14. The number of carbonyl (C=O) groups excluding carboxylic acids is 1. The molecule has 0 spiro atoms. The minimum atomic E-state index is -0.695.